The molecule has 1 aliphatic carbocycles. The SMILES string of the molecule is Cl.O=S(=O)(NC1CCNCC1)c1ccc(S(=O)(=O)NC2CC2)cc1. The predicted molar refractivity (Wildman–Crippen MR) is 93.2 cm³/mol. The van der Waals surface area contributed by atoms with E-state index in [0.29, 0.717) is 0 Å². The van der Waals surface area contributed by atoms with Crippen molar-refractivity contribution < 1.29 is 16.8 Å². The minimum absolute atomic E-state index is 0. The van der Waals surface area contributed by atoms with E-state index in [1.54, 1.807) is 0 Å². The van der Waals surface area contributed by atoms with Crippen LogP contribution in [0.1, 0.15) is 25.7 Å². The summed E-state index contributed by atoms with van der Waals surface area (Å²) in [7, 11) is -7.19. The third-order valence-electron chi connectivity index (χ3n) is 4.00. The van der Waals surface area contributed by atoms with Crippen LogP contribution in [0, 0.1) is 0 Å². The normalized spacial score (nSPS) is 19.7. The second-order valence-electron chi connectivity index (χ2n) is 6.01. The standard InChI is InChI=1S/C14H21N3O4S2.ClH/c18-22(19,16-11-1-2-11)13-3-5-14(6-4-13)23(20,21)17-12-7-9-15-10-8-12;/h3-6,11-12,15-17H,1-2,7-10H2;1H. The first-order chi connectivity index (χ1) is 10.9. The lowest BCUT2D eigenvalue weighted by Crippen LogP contribution is -2.42. The minimum Gasteiger partial charge on any atom is -0.317 e. The van der Waals surface area contributed by atoms with Gasteiger partial charge < -0.3 is 5.32 Å². The maximum Gasteiger partial charge on any atom is 0.240 e. The number of nitrogens with one attached hydrogen (secondary N) is 3. The molecule has 3 N–H and O–H groups in total. The van der Waals surface area contributed by atoms with E-state index in [-0.39, 0.29) is 34.3 Å². The summed E-state index contributed by atoms with van der Waals surface area (Å²) in [6, 6.07) is 5.28. The van der Waals surface area contributed by atoms with Crippen LogP contribution in [0.15, 0.2) is 34.1 Å². The molecule has 10 heteroatoms. The van der Waals surface area contributed by atoms with Crippen LogP contribution < -0.4 is 14.8 Å². The lowest BCUT2D eigenvalue weighted by molar-refractivity contribution is 0.427. The molecule has 0 spiro atoms. The third kappa shape index (κ3) is 4.90. The molecule has 0 amide bonds. The van der Waals surface area contributed by atoms with Gasteiger partial charge in [0.1, 0.15) is 0 Å². The van der Waals surface area contributed by atoms with Crippen LogP contribution in [0.2, 0.25) is 0 Å². The molecule has 0 atom stereocenters. The van der Waals surface area contributed by atoms with Crippen LogP contribution in [0.4, 0.5) is 0 Å². The molecular weight excluding hydrogens is 374 g/mol. The second kappa shape index (κ2) is 7.67. The molecule has 1 heterocycles. The number of benzene rings is 1. The Balaban J connectivity index is 0.00000208. The van der Waals surface area contributed by atoms with Gasteiger partial charge in [-0.25, -0.2) is 26.3 Å². The van der Waals surface area contributed by atoms with Crippen molar-refractivity contribution in [2.45, 2.75) is 47.6 Å². The van der Waals surface area contributed by atoms with Crippen LogP contribution in [0.5, 0.6) is 0 Å². The molecule has 0 bridgehead atoms. The number of rotatable bonds is 6. The van der Waals surface area contributed by atoms with Gasteiger partial charge in [0, 0.05) is 12.1 Å². The van der Waals surface area contributed by atoms with Gasteiger partial charge in [-0.2, -0.15) is 0 Å². The molecule has 0 unspecified atom stereocenters. The highest BCUT2D eigenvalue weighted by Crippen LogP contribution is 2.23. The van der Waals surface area contributed by atoms with Crippen LogP contribution in [-0.2, 0) is 20.0 Å². The van der Waals surface area contributed by atoms with Crippen molar-refractivity contribution in [1.29, 1.82) is 0 Å². The highest BCUT2D eigenvalue weighted by Gasteiger charge is 2.28. The third-order valence-corrected chi connectivity index (χ3v) is 7.08. The average Bonchev–Trinajstić information content (AvgIpc) is 3.31. The fraction of sp³-hybridized carbons (Fsp3) is 0.571. The van der Waals surface area contributed by atoms with E-state index in [4.69, 9.17) is 0 Å². The van der Waals surface area contributed by atoms with E-state index in [1.165, 1.54) is 24.3 Å². The van der Waals surface area contributed by atoms with Crippen LogP contribution in [-0.4, -0.2) is 42.0 Å². The average molecular weight is 396 g/mol. The van der Waals surface area contributed by atoms with Crippen LogP contribution in [0.3, 0.4) is 0 Å². The van der Waals surface area contributed by atoms with E-state index in [2.05, 4.69) is 14.8 Å². The zero-order chi connectivity index (χ0) is 16.5. The molecule has 1 saturated carbocycles. The van der Waals surface area contributed by atoms with Gasteiger partial charge in [-0.1, -0.05) is 0 Å². The van der Waals surface area contributed by atoms with Crippen molar-refractivity contribution >= 4 is 32.5 Å². The molecule has 2 fully saturated rings. The van der Waals surface area contributed by atoms with Gasteiger partial charge in [-0.3, -0.25) is 0 Å². The van der Waals surface area contributed by atoms with Gasteiger partial charge in [0.2, 0.25) is 20.0 Å². The molecule has 0 aromatic heterocycles. The van der Waals surface area contributed by atoms with Crippen molar-refractivity contribution in [3.8, 4) is 0 Å². The van der Waals surface area contributed by atoms with Gasteiger partial charge >= 0.3 is 0 Å². The van der Waals surface area contributed by atoms with Gasteiger partial charge in [0.05, 0.1) is 9.79 Å². The molecule has 7 nitrogen and oxygen atoms in total. The van der Waals surface area contributed by atoms with Gasteiger partial charge in [-0.05, 0) is 63.0 Å². The predicted octanol–water partition coefficient (Wildman–Crippen LogP) is 0.579. The smallest absolute Gasteiger partial charge is 0.240 e. The largest absolute Gasteiger partial charge is 0.317 e. The van der Waals surface area contributed by atoms with Crippen LogP contribution >= 0.6 is 12.4 Å². The summed E-state index contributed by atoms with van der Waals surface area (Å²) < 4.78 is 54.1. The topological polar surface area (TPSA) is 104 Å². The Morgan fingerprint density at radius 1 is 0.750 bits per heavy atom. The summed E-state index contributed by atoms with van der Waals surface area (Å²) in [5, 5.41) is 3.18. The molecule has 136 valence electrons. The molecule has 3 rings (SSSR count). The molecule has 1 saturated heterocycles. The van der Waals surface area contributed by atoms with E-state index in [0.717, 1.165) is 38.8 Å². The van der Waals surface area contributed by atoms with E-state index >= 15 is 0 Å². The molecule has 2 aliphatic rings. The van der Waals surface area contributed by atoms with E-state index < -0.39 is 20.0 Å². The maximum atomic E-state index is 12.4. The number of halogens is 1. The number of hydrogen-bond acceptors (Lipinski definition) is 5. The Labute approximate surface area is 149 Å². The molecule has 1 aromatic carbocycles. The first-order valence-corrected chi connectivity index (χ1v) is 10.7. The highest BCUT2D eigenvalue weighted by molar-refractivity contribution is 7.90. The summed E-state index contributed by atoms with van der Waals surface area (Å²) >= 11 is 0. The molecule has 0 radical (unpaired) electrons. The Bertz CT molecular complexity index is 756. The lowest BCUT2D eigenvalue weighted by atomic mass is 10.1. The molecule has 1 aromatic rings. The molecule has 24 heavy (non-hydrogen) atoms. The summed E-state index contributed by atoms with van der Waals surface area (Å²) in [5.74, 6) is 0. The van der Waals surface area contributed by atoms with Gasteiger partial charge in [0.15, 0.2) is 0 Å². The number of piperidine rings is 1. The van der Waals surface area contributed by atoms with Crippen molar-refractivity contribution in [1.82, 2.24) is 14.8 Å². The van der Waals surface area contributed by atoms with Gasteiger partial charge in [0.25, 0.3) is 0 Å². The van der Waals surface area contributed by atoms with Crippen LogP contribution in [0.25, 0.3) is 0 Å². The first-order valence-electron chi connectivity index (χ1n) is 7.72. The van der Waals surface area contributed by atoms with Crippen molar-refractivity contribution in [2.75, 3.05) is 13.1 Å². The summed E-state index contributed by atoms with van der Waals surface area (Å²) in [6.45, 7) is 1.58. The Morgan fingerprint density at radius 3 is 1.50 bits per heavy atom. The maximum absolute atomic E-state index is 12.4. The minimum atomic E-state index is -3.63. The fourth-order valence-electron chi connectivity index (χ4n) is 2.51. The van der Waals surface area contributed by atoms with E-state index in [9.17, 15) is 16.8 Å². The summed E-state index contributed by atoms with van der Waals surface area (Å²) in [5.41, 5.74) is 0. The summed E-state index contributed by atoms with van der Waals surface area (Å²) in [6.07, 6.45) is 3.20. The Morgan fingerprint density at radius 2 is 1.12 bits per heavy atom. The quantitative estimate of drug-likeness (QED) is 0.653. The number of hydrogen-bond donors (Lipinski definition) is 3. The zero-order valence-corrected chi connectivity index (χ0v) is 15.5. The summed E-state index contributed by atoms with van der Waals surface area (Å²) in [4.78, 5) is 0.173. The fourth-order valence-corrected chi connectivity index (χ4v) is 5.12. The van der Waals surface area contributed by atoms with Gasteiger partial charge in [-0.15, -0.1) is 12.4 Å². The molecule has 1 aliphatic heterocycles. The zero-order valence-electron chi connectivity index (χ0n) is 13.1. The highest BCUT2D eigenvalue weighted by atomic mass is 35.5. The second-order valence-corrected chi connectivity index (χ2v) is 9.44. The Kier molecular flexibility index (Phi) is 6.27. The first kappa shape index (κ1) is 19.6. The van der Waals surface area contributed by atoms with Crippen molar-refractivity contribution in [3.05, 3.63) is 24.3 Å². The van der Waals surface area contributed by atoms with Crippen molar-refractivity contribution in [2.24, 2.45) is 0 Å². The number of sulfonamides is 2. The lowest BCUT2D eigenvalue weighted by Gasteiger charge is -2.23. The molecular formula is C14H22ClN3O4S2. The van der Waals surface area contributed by atoms with E-state index in [1.807, 2.05) is 0 Å². The Hall–Kier alpha value is -0.710. The van der Waals surface area contributed by atoms with Crippen molar-refractivity contribution in [3.63, 3.8) is 0 Å². The monoisotopic (exact) mass is 395 g/mol.